The third kappa shape index (κ3) is 1.90. The number of aliphatic hydroxyl groups is 1. The number of carbonyl (C=O) groups is 2. The van der Waals surface area contributed by atoms with Gasteiger partial charge in [-0.1, -0.05) is 30.3 Å². The smallest absolute Gasteiger partial charge is 0.141 e. The van der Waals surface area contributed by atoms with E-state index < -0.39 is 16.9 Å². The molecule has 1 aromatic rings. The largest absolute Gasteiger partial charge is 0.388 e. The zero-order valence-electron chi connectivity index (χ0n) is 12.6. The van der Waals surface area contributed by atoms with E-state index in [1.807, 2.05) is 37.3 Å². The van der Waals surface area contributed by atoms with Gasteiger partial charge in [-0.05, 0) is 44.6 Å². The second-order valence-electron chi connectivity index (χ2n) is 6.84. The molecular weight excluding hydrogens is 264 g/mol. The summed E-state index contributed by atoms with van der Waals surface area (Å²) >= 11 is 0. The van der Waals surface area contributed by atoms with Crippen LogP contribution in [0.25, 0.3) is 0 Å². The summed E-state index contributed by atoms with van der Waals surface area (Å²) in [7, 11) is 0. The molecule has 0 radical (unpaired) electrons. The van der Waals surface area contributed by atoms with Crippen molar-refractivity contribution in [3.8, 4) is 0 Å². The number of hydrogen-bond donors (Lipinski definition) is 1. The van der Waals surface area contributed by atoms with Crippen LogP contribution in [0.15, 0.2) is 30.3 Å². The van der Waals surface area contributed by atoms with E-state index in [9.17, 15) is 14.7 Å². The molecule has 21 heavy (non-hydrogen) atoms. The fraction of sp³-hybridized carbons (Fsp3) is 0.556. The molecule has 2 aliphatic rings. The Morgan fingerprint density at radius 3 is 2.57 bits per heavy atom. The standard InChI is InChI=1S/C18H22O3/c1-12(19)16-14(13-7-4-3-5-8-13)11-17(2)15(20)9-6-10-18(16,17)21/h3-5,7-8,14,16,21H,6,9-11H2,1-2H3/t14-,16-,17+,18-/m1/s1. The van der Waals surface area contributed by atoms with E-state index in [1.54, 1.807) is 6.92 Å². The molecule has 0 unspecified atom stereocenters. The van der Waals surface area contributed by atoms with E-state index in [0.717, 1.165) is 5.56 Å². The van der Waals surface area contributed by atoms with E-state index >= 15 is 0 Å². The van der Waals surface area contributed by atoms with Gasteiger partial charge in [-0.2, -0.15) is 0 Å². The molecule has 0 amide bonds. The molecule has 4 atom stereocenters. The second-order valence-corrected chi connectivity index (χ2v) is 6.84. The molecule has 3 rings (SSSR count). The average molecular weight is 286 g/mol. The topological polar surface area (TPSA) is 54.4 Å². The van der Waals surface area contributed by atoms with Crippen molar-refractivity contribution in [2.24, 2.45) is 11.3 Å². The van der Waals surface area contributed by atoms with Crippen molar-refractivity contribution in [3.05, 3.63) is 35.9 Å². The highest BCUT2D eigenvalue weighted by Gasteiger charge is 2.66. The van der Waals surface area contributed by atoms with Crippen molar-refractivity contribution < 1.29 is 14.7 Å². The van der Waals surface area contributed by atoms with Crippen LogP contribution in [0.4, 0.5) is 0 Å². The van der Waals surface area contributed by atoms with Gasteiger partial charge in [-0.25, -0.2) is 0 Å². The first-order valence-corrected chi connectivity index (χ1v) is 7.71. The lowest BCUT2D eigenvalue weighted by atomic mass is 9.62. The molecule has 0 aromatic heterocycles. The minimum Gasteiger partial charge on any atom is -0.388 e. The SMILES string of the molecule is CC(=O)[C@@H]1[C@@H](c2ccccc2)C[C@@]2(C)C(=O)CCC[C@@]12O. The molecule has 0 spiro atoms. The minimum absolute atomic E-state index is 0.00946. The Labute approximate surface area is 125 Å². The van der Waals surface area contributed by atoms with Crippen LogP contribution in [0.3, 0.4) is 0 Å². The Morgan fingerprint density at radius 2 is 1.95 bits per heavy atom. The van der Waals surface area contributed by atoms with Crippen LogP contribution in [0, 0.1) is 11.3 Å². The number of carbonyl (C=O) groups excluding carboxylic acids is 2. The third-order valence-corrected chi connectivity index (χ3v) is 5.74. The maximum Gasteiger partial charge on any atom is 0.141 e. The normalized spacial score (nSPS) is 39.1. The summed E-state index contributed by atoms with van der Waals surface area (Å²) in [4.78, 5) is 24.7. The molecule has 0 bridgehead atoms. The number of fused-ring (bicyclic) bond motifs is 1. The van der Waals surface area contributed by atoms with Crippen LogP contribution in [0.2, 0.25) is 0 Å². The van der Waals surface area contributed by atoms with Crippen molar-refractivity contribution in [2.75, 3.05) is 0 Å². The minimum atomic E-state index is -1.19. The summed E-state index contributed by atoms with van der Waals surface area (Å²) in [6.07, 6.45) is 2.31. The lowest BCUT2D eigenvalue weighted by Crippen LogP contribution is -2.55. The van der Waals surface area contributed by atoms with Gasteiger partial charge in [0.25, 0.3) is 0 Å². The number of benzene rings is 1. The molecule has 1 aromatic carbocycles. The van der Waals surface area contributed by atoms with Crippen LogP contribution in [0.1, 0.15) is 51.0 Å². The number of ketones is 2. The summed E-state index contributed by atoms with van der Waals surface area (Å²) in [6.45, 7) is 3.40. The van der Waals surface area contributed by atoms with E-state index in [-0.39, 0.29) is 17.5 Å². The van der Waals surface area contributed by atoms with Crippen LogP contribution < -0.4 is 0 Å². The maximum absolute atomic E-state index is 12.5. The molecular formula is C18H22O3. The summed E-state index contributed by atoms with van der Waals surface area (Å²) in [5.74, 6) is -0.444. The van der Waals surface area contributed by atoms with Gasteiger partial charge in [0.2, 0.25) is 0 Å². The molecule has 3 heteroatoms. The molecule has 112 valence electrons. The van der Waals surface area contributed by atoms with E-state index in [2.05, 4.69) is 0 Å². The Bertz CT molecular complexity index is 579. The Hall–Kier alpha value is -1.48. The maximum atomic E-state index is 12.5. The Kier molecular flexibility index (Phi) is 3.28. The van der Waals surface area contributed by atoms with Gasteiger partial charge in [0.05, 0.1) is 16.9 Å². The van der Waals surface area contributed by atoms with Crippen molar-refractivity contribution in [1.82, 2.24) is 0 Å². The number of hydrogen-bond acceptors (Lipinski definition) is 3. The van der Waals surface area contributed by atoms with Gasteiger partial charge in [-0.3, -0.25) is 9.59 Å². The Morgan fingerprint density at radius 1 is 1.29 bits per heavy atom. The van der Waals surface area contributed by atoms with Gasteiger partial charge in [0.15, 0.2) is 0 Å². The van der Waals surface area contributed by atoms with Gasteiger partial charge >= 0.3 is 0 Å². The molecule has 0 saturated heterocycles. The van der Waals surface area contributed by atoms with Crippen molar-refractivity contribution in [3.63, 3.8) is 0 Å². The van der Waals surface area contributed by atoms with Crippen molar-refractivity contribution >= 4 is 11.6 Å². The summed E-state index contributed by atoms with van der Waals surface area (Å²) in [5.41, 5.74) is -0.925. The zero-order valence-corrected chi connectivity index (χ0v) is 12.6. The van der Waals surface area contributed by atoms with Crippen molar-refractivity contribution in [1.29, 1.82) is 0 Å². The average Bonchev–Trinajstić information content (AvgIpc) is 2.70. The third-order valence-electron chi connectivity index (χ3n) is 5.74. The second kappa shape index (κ2) is 4.77. The van der Waals surface area contributed by atoms with E-state index in [0.29, 0.717) is 25.7 Å². The molecule has 3 nitrogen and oxygen atoms in total. The fourth-order valence-electron chi connectivity index (χ4n) is 4.62. The molecule has 2 aliphatic carbocycles. The first-order chi connectivity index (χ1) is 9.90. The molecule has 0 heterocycles. The van der Waals surface area contributed by atoms with Gasteiger partial charge in [0.1, 0.15) is 11.6 Å². The highest BCUT2D eigenvalue weighted by atomic mass is 16.3. The van der Waals surface area contributed by atoms with Crippen LogP contribution >= 0.6 is 0 Å². The molecule has 2 fully saturated rings. The number of rotatable bonds is 2. The lowest BCUT2D eigenvalue weighted by Gasteiger charge is -2.44. The summed E-state index contributed by atoms with van der Waals surface area (Å²) < 4.78 is 0. The van der Waals surface area contributed by atoms with E-state index in [1.165, 1.54) is 0 Å². The van der Waals surface area contributed by atoms with Crippen molar-refractivity contribution in [2.45, 2.75) is 51.0 Å². The molecule has 2 saturated carbocycles. The lowest BCUT2D eigenvalue weighted by molar-refractivity contribution is -0.159. The summed E-state index contributed by atoms with van der Waals surface area (Å²) in [5, 5.41) is 11.3. The monoisotopic (exact) mass is 286 g/mol. The molecule has 1 N–H and O–H groups in total. The van der Waals surface area contributed by atoms with Crippen LogP contribution in [0.5, 0.6) is 0 Å². The Balaban J connectivity index is 2.11. The zero-order chi connectivity index (χ0) is 15.3. The predicted octanol–water partition coefficient (Wildman–Crippen LogP) is 2.87. The highest BCUT2D eigenvalue weighted by molar-refractivity contribution is 5.91. The number of Topliss-reactive ketones (excluding diaryl/α,β-unsaturated/α-hetero) is 2. The van der Waals surface area contributed by atoms with Gasteiger partial charge in [0, 0.05) is 6.42 Å². The van der Waals surface area contributed by atoms with Crippen LogP contribution in [-0.2, 0) is 9.59 Å². The van der Waals surface area contributed by atoms with Crippen LogP contribution in [-0.4, -0.2) is 22.3 Å². The summed E-state index contributed by atoms with van der Waals surface area (Å²) in [6, 6.07) is 9.82. The first kappa shape index (κ1) is 14.5. The van der Waals surface area contributed by atoms with Gasteiger partial charge < -0.3 is 5.11 Å². The first-order valence-electron chi connectivity index (χ1n) is 7.71. The van der Waals surface area contributed by atoms with E-state index in [4.69, 9.17) is 0 Å². The van der Waals surface area contributed by atoms with Gasteiger partial charge in [-0.15, -0.1) is 0 Å². The fourth-order valence-corrected chi connectivity index (χ4v) is 4.62. The highest BCUT2D eigenvalue weighted by Crippen LogP contribution is 2.61. The quantitative estimate of drug-likeness (QED) is 0.909. The molecule has 0 aliphatic heterocycles. The predicted molar refractivity (Wildman–Crippen MR) is 79.9 cm³/mol.